The van der Waals surface area contributed by atoms with Crippen LogP contribution >= 0.6 is 0 Å². The van der Waals surface area contributed by atoms with Crippen molar-refractivity contribution in [2.24, 2.45) is 0 Å². The number of hydrogen-bond acceptors (Lipinski definition) is 1. The average molecular weight is 285 g/mol. The zero-order valence-electron chi connectivity index (χ0n) is 11.7. The van der Waals surface area contributed by atoms with Crippen molar-refractivity contribution >= 4 is 16.8 Å². The number of aryl methyl sites for hydroxylation is 1. The first-order chi connectivity index (χ1) is 10.0. The second-order valence-electron chi connectivity index (χ2n) is 4.98. The number of benzene rings is 2. The number of aromatic nitrogens is 1. The lowest BCUT2D eigenvalue weighted by molar-refractivity contribution is 0.0943. The Balaban J connectivity index is 2.50. The lowest BCUT2D eigenvalue weighted by atomic mass is 10.1. The van der Waals surface area contributed by atoms with E-state index in [-0.39, 0.29) is 16.8 Å². The number of halogens is 2. The minimum atomic E-state index is -0.695. The molecular weight excluding hydrogens is 272 g/mol. The van der Waals surface area contributed by atoms with Crippen LogP contribution < -0.4 is 0 Å². The number of nitrogens with zero attached hydrogens (tertiary/aromatic N) is 1. The largest absolute Gasteiger partial charge is 0.280 e. The Labute approximate surface area is 120 Å². The predicted molar refractivity (Wildman–Crippen MR) is 78.3 cm³/mol. The smallest absolute Gasteiger partial charge is 0.228 e. The number of hydrogen-bond donors (Lipinski definition) is 0. The van der Waals surface area contributed by atoms with E-state index in [0.717, 1.165) is 11.6 Å². The first kappa shape index (κ1) is 13.5. The molecule has 2 aromatic carbocycles. The van der Waals surface area contributed by atoms with Crippen molar-refractivity contribution in [2.75, 3.05) is 0 Å². The quantitative estimate of drug-likeness (QED) is 0.642. The van der Waals surface area contributed by atoms with Crippen LogP contribution in [-0.4, -0.2) is 10.5 Å². The van der Waals surface area contributed by atoms with Gasteiger partial charge in [0.2, 0.25) is 5.91 Å². The van der Waals surface area contributed by atoms with Gasteiger partial charge < -0.3 is 0 Å². The third kappa shape index (κ3) is 2.03. The van der Waals surface area contributed by atoms with E-state index in [2.05, 4.69) is 0 Å². The van der Waals surface area contributed by atoms with E-state index in [9.17, 15) is 13.6 Å². The Kier molecular flexibility index (Phi) is 3.09. The van der Waals surface area contributed by atoms with E-state index in [1.54, 1.807) is 6.92 Å². The highest BCUT2D eigenvalue weighted by Gasteiger charge is 2.21. The molecular formula is C17H13F2NO. The van der Waals surface area contributed by atoms with Crippen molar-refractivity contribution < 1.29 is 13.6 Å². The zero-order chi connectivity index (χ0) is 15.1. The standard InChI is InChI=1S/C17H13F2NO/c1-10-16-14(19)8-13(18)9-15(16)20(11(2)21)17(10)12-6-4-3-5-7-12/h3-9H,1-2H3. The molecule has 0 aliphatic rings. The molecule has 0 atom stereocenters. The van der Waals surface area contributed by atoms with E-state index >= 15 is 0 Å². The third-order valence-electron chi connectivity index (χ3n) is 3.59. The summed E-state index contributed by atoms with van der Waals surface area (Å²) in [5.41, 5.74) is 2.28. The summed E-state index contributed by atoms with van der Waals surface area (Å²) in [5, 5.41) is 0.283. The van der Waals surface area contributed by atoms with Crippen LogP contribution in [0.15, 0.2) is 42.5 Å². The number of carbonyl (C=O) groups is 1. The first-order valence-electron chi connectivity index (χ1n) is 6.57. The van der Waals surface area contributed by atoms with Gasteiger partial charge in [-0.2, -0.15) is 0 Å². The van der Waals surface area contributed by atoms with E-state index in [4.69, 9.17) is 0 Å². The molecule has 106 valence electrons. The van der Waals surface area contributed by atoms with Crippen molar-refractivity contribution in [3.8, 4) is 11.3 Å². The summed E-state index contributed by atoms with van der Waals surface area (Å²) in [7, 11) is 0. The summed E-state index contributed by atoms with van der Waals surface area (Å²) in [4.78, 5) is 12.0. The zero-order valence-corrected chi connectivity index (χ0v) is 11.7. The van der Waals surface area contributed by atoms with Gasteiger partial charge in [-0.15, -0.1) is 0 Å². The molecule has 0 unspecified atom stereocenters. The SMILES string of the molecule is CC(=O)n1c(-c2ccccc2)c(C)c2c(F)cc(F)cc21. The van der Waals surface area contributed by atoms with Gasteiger partial charge in [-0.3, -0.25) is 9.36 Å². The highest BCUT2D eigenvalue weighted by atomic mass is 19.1. The summed E-state index contributed by atoms with van der Waals surface area (Å²) in [6.45, 7) is 3.12. The molecule has 3 rings (SSSR count). The fourth-order valence-corrected chi connectivity index (χ4v) is 2.78. The normalized spacial score (nSPS) is 11.0. The van der Waals surface area contributed by atoms with Crippen LogP contribution in [0, 0.1) is 18.6 Å². The van der Waals surface area contributed by atoms with Gasteiger partial charge in [-0.1, -0.05) is 30.3 Å². The highest BCUT2D eigenvalue weighted by molar-refractivity contribution is 6.00. The Morgan fingerprint density at radius 3 is 2.38 bits per heavy atom. The van der Waals surface area contributed by atoms with E-state index in [1.165, 1.54) is 17.6 Å². The van der Waals surface area contributed by atoms with E-state index in [0.29, 0.717) is 11.3 Å². The van der Waals surface area contributed by atoms with E-state index < -0.39 is 11.6 Å². The van der Waals surface area contributed by atoms with Gasteiger partial charge in [0, 0.05) is 18.4 Å². The van der Waals surface area contributed by atoms with Gasteiger partial charge >= 0.3 is 0 Å². The molecule has 2 nitrogen and oxygen atoms in total. The van der Waals surface area contributed by atoms with Crippen LogP contribution in [0.5, 0.6) is 0 Å². The third-order valence-corrected chi connectivity index (χ3v) is 3.59. The summed E-state index contributed by atoms with van der Waals surface area (Å²) >= 11 is 0. The van der Waals surface area contributed by atoms with Gasteiger partial charge in [0.15, 0.2) is 0 Å². The van der Waals surface area contributed by atoms with Crippen LogP contribution in [0.25, 0.3) is 22.2 Å². The molecule has 0 N–H and O–H groups in total. The van der Waals surface area contributed by atoms with Gasteiger partial charge in [-0.25, -0.2) is 8.78 Å². The molecule has 1 heterocycles. The maximum atomic E-state index is 14.1. The lowest BCUT2D eigenvalue weighted by Gasteiger charge is -2.07. The molecule has 0 saturated heterocycles. The number of rotatable bonds is 1. The minimum absolute atomic E-state index is 0.261. The minimum Gasteiger partial charge on any atom is -0.280 e. The number of fused-ring (bicyclic) bond motifs is 1. The van der Waals surface area contributed by atoms with Crippen LogP contribution in [-0.2, 0) is 0 Å². The Morgan fingerprint density at radius 2 is 1.76 bits per heavy atom. The lowest BCUT2D eigenvalue weighted by Crippen LogP contribution is -2.07. The Bertz CT molecular complexity index is 850. The van der Waals surface area contributed by atoms with Crippen molar-refractivity contribution in [3.63, 3.8) is 0 Å². The van der Waals surface area contributed by atoms with Gasteiger partial charge in [0.1, 0.15) is 11.6 Å². The van der Waals surface area contributed by atoms with Gasteiger partial charge in [-0.05, 0) is 24.1 Å². The van der Waals surface area contributed by atoms with E-state index in [1.807, 2.05) is 30.3 Å². The summed E-state index contributed by atoms with van der Waals surface area (Å²) < 4.78 is 29.0. The monoisotopic (exact) mass is 285 g/mol. The van der Waals surface area contributed by atoms with Crippen molar-refractivity contribution in [3.05, 3.63) is 59.7 Å². The maximum absolute atomic E-state index is 14.1. The molecule has 0 amide bonds. The Morgan fingerprint density at radius 1 is 1.10 bits per heavy atom. The molecule has 0 fully saturated rings. The Hall–Kier alpha value is -2.49. The summed E-state index contributed by atoms with van der Waals surface area (Å²) in [6, 6.07) is 11.3. The highest BCUT2D eigenvalue weighted by Crippen LogP contribution is 2.35. The topological polar surface area (TPSA) is 22.0 Å². The van der Waals surface area contributed by atoms with Crippen LogP contribution in [0.2, 0.25) is 0 Å². The second kappa shape index (κ2) is 4.81. The summed E-state index contributed by atoms with van der Waals surface area (Å²) in [5.74, 6) is -1.63. The van der Waals surface area contributed by atoms with Crippen molar-refractivity contribution in [1.29, 1.82) is 0 Å². The van der Waals surface area contributed by atoms with Gasteiger partial charge in [0.25, 0.3) is 0 Å². The molecule has 0 saturated carbocycles. The summed E-state index contributed by atoms with van der Waals surface area (Å²) in [6.07, 6.45) is 0. The molecule has 0 radical (unpaired) electrons. The molecule has 0 aliphatic carbocycles. The molecule has 0 bridgehead atoms. The number of carbonyl (C=O) groups excluding carboxylic acids is 1. The fourth-order valence-electron chi connectivity index (χ4n) is 2.78. The fraction of sp³-hybridized carbons (Fsp3) is 0.118. The predicted octanol–water partition coefficient (Wildman–Crippen LogP) is 4.56. The van der Waals surface area contributed by atoms with Crippen molar-refractivity contribution in [2.45, 2.75) is 13.8 Å². The first-order valence-corrected chi connectivity index (χ1v) is 6.57. The van der Waals surface area contributed by atoms with Crippen LogP contribution in [0.3, 0.4) is 0 Å². The molecule has 3 aromatic rings. The van der Waals surface area contributed by atoms with Gasteiger partial charge in [0.05, 0.1) is 11.2 Å². The molecule has 4 heteroatoms. The molecule has 0 aliphatic heterocycles. The molecule has 21 heavy (non-hydrogen) atoms. The molecule has 1 aromatic heterocycles. The van der Waals surface area contributed by atoms with Crippen LogP contribution in [0.4, 0.5) is 8.78 Å². The van der Waals surface area contributed by atoms with Crippen molar-refractivity contribution in [1.82, 2.24) is 4.57 Å². The average Bonchev–Trinajstić information content (AvgIpc) is 2.72. The molecule has 0 spiro atoms. The second-order valence-corrected chi connectivity index (χ2v) is 4.98. The maximum Gasteiger partial charge on any atom is 0.228 e. The van der Waals surface area contributed by atoms with Crippen LogP contribution in [0.1, 0.15) is 17.3 Å².